The molecule has 3 amide bonds. The van der Waals surface area contributed by atoms with E-state index in [1.807, 2.05) is 29.1 Å². The lowest BCUT2D eigenvalue weighted by Crippen LogP contribution is -2.39. The number of amides is 3. The minimum atomic E-state index is -0.478. The van der Waals surface area contributed by atoms with Crippen LogP contribution >= 0.6 is 0 Å². The predicted octanol–water partition coefficient (Wildman–Crippen LogP) is 2.51. The van der Waals surface area contributed by atoms with Crippen LogP contribution in [0.25, 0.3) is 0 Å². The van der Waals surface area contributed by atoms with Crippen molar-refractivity contribution in [3.05, 3.63) is 83.9 Å². The van der Waals surface area contributed by atoms with Gasteiger partial charge in [0.15, 0.2) is 0 Å². The van der Waals surface area contributed by atoms with Crippen LogP contribution in [0.1, 0.15) is 11.1 Å². The van der Waals surface area contributed by atoms with E-state index in [9.17, 15) is 14.0 Å². The van der Waals surface area contributed by atoms with Gasteiger partial charge in [-0.05, 0) is 41.5 Å². The number of rotatable bonds is 7. The third-order valence-corrected chi connectivity index (χ3v) is 3.92. The number of carbonyl (C=O) groups is 2. The standard InChI is InChI=1S/C20H20FN5O2/c21-17-6-2-15(3-7-17)12-22-20(28)23-13-19(27)25-18-8-4-16(5-9-18)14-26-11-1-10-24-26/h1-11H,12-14H2,(H,25,27)(H2,22,23,28). The summed E-state index contributed by atoms with van der Waals surface area (Å²) in [5.74, 6) is -0.670. The van der Waals surface area contributed by atoms with Crippen LogP contribution in [0.15, 0.2) is 67.0 Å². The number of aromatic nitrogens is 2. The summed E-state index contributed by atoms with van der Waals surface area (Å²) in [6.07, 6.45) is 3.60. The molecular formula is C20H20FN5O2. The summed E-state index contributed by atoms with van der Waals surface area (Å²) in [6, 6.07) is 14.6. The van der Waals surface area contributed by atoms with E-state index in [4.69, 9.17) is 0 Å². The zero-order chi connectivity index (χ0) is 19.8. The van der Waals surface area contributed by atoms with E-state index in [0.717, 1.165) is 11.1 Å². The fourth-order valence-corrected chi connectivity index (χ4v) is 2.49. The molecule has 0 bridgehead atoms. The van der Waals surface area contributed by atoms with Gasteiger partial charge in [-0.25, -0.2) is 9.18 Å². The number of hydrogen-bond acceptors (Lipinski definition) is 3. The van der Waals surface area contributed by atoms with E-state index in [1.54, 1.807) is 30.5 Å². The molecule has 0 aliphatic carbocycles. The van der Waals surface area contributed by atoms with Gasteiger partial charge in [-0.15, -0.1) is 0 Å². The first-order chi connectivity index (χ1) is 13.6. The highest BCUT2D eigenvalue weighted by molar-refractivity contribution is 5.94. The number of anilines is 1. The molecule has 3 aromatic rings. The molecule has 28 heavy (non-hydrogen) atoms. The van der Waals surface area contributed by atoms with Gasteiger partial charge in [0.25, 0.3) is 0 Å². The molecule has 0 aliphatic heterocycles. The van der Waals surface area contributed by atoms with E-state index >= 15 is 0 Å². The number of nitrogens with zero attached hydrogens (tertiary/aromatic N) is 2. The van der Waals surface area contributed by atoms with Crippen molar-refractivity contribution >= 4 is 17.6 Å². The molecule has 0 radical (unpaired) electrons. The van der Waals surface area contributed by atoms with Gasteiger partial charge in [-0.2, -0.15) is 5.10 Å². The molecule has 2 aromatic carbocycles. The van der Waals surface area contributed by atoms with Crippen molar-refractivity contribution < 1.29 is 14.0 Å². The SMILES string of the molecule is O=C(CNC(=O)NCc1ccc(F)cc1)Nc1ccc(Cn2cccn2)cc1. The molecule has 0 unspecified atom stereocenters. The van der Waals surface area contributed by atoms with Gasteiger partial charge >= 0.3 is 6.03 Å². The summed E-state index contributed by atoms with van der Waals surface area (Å²) in [5, 5.41) is 11.9. The van der Waals surface area contributed by atoms with Crippen LogP contribution in [-0.4, -0.2) is 28.3 Å². The van der Waals surface area contributed by atoms with E-state index in [0.29, 0.717) is 12.2 Å². The second kappa shape index (κ2) is 9.31. The molecule has 0 spiro atoms. The summed E-state index contributed by atoms with van der Waals surface area (Å²) in [5.41, 5.74) is 2.46. The van der Waals surface area contributed by atoms with Crippen molar-refractivity contribution in [1.29, 1.82) is 0 Å². The third-order valence-electron chi connectivity index (χ3n) is 3.92. The largest absolute Gasteiger partial charge is 0.334 e. The van der Waals surface area contributed by atoms with Crippen LogP contribution in [0.2, 0.25) is 0 Å². The fourth-order valence-electron chi connectivity index (χ4n) is 2.49. The first kappa shape index (κ1) is 19.1. The highest BCUT2D eigenvalue weighted by Crippen LogP contribution is 2.10. The van der Waals surface area contributed by atoms with E-state index in [-0.39, 0.29) is 24.8 Å². The minimum Gasteiger partial charge on any atom is -0.334 e. The summed E-state index contributed by atoms with van der Waals surface area (Å²) in [7, 11) is 0. The molecule has 0 saturated heterocycles. The predicted molar refractivity (Wildman–Crippen MR) is 103 cm³/mol. The Morgan fingerprint density at radius 3 is 2.36 bits per heavy atom. The van der Waals surface area contributed by atoms with Crippen molar-refractivity contribution in [2.45, 2.75) is 13.1 Å². The fraction of sp³-hybridized carbons (Fsp3) is 0.150. The average Bonchev–Trinajstić information content (AvgIpc) is 3.20. The van der Waals surface area contributed by atoms with Gasteiger partial charge in [0.05, 0.1) is 13.1 Å². The zero-order valence-electron chi connectivity index (χ0n) is 15.1. The number of halogens is 1. The maximum absolute atomic E-state index is 12.8. The minimum absolute atomic E-state index is 0.162. The van der Waals surface area contributed by atoms with E-state index < -0.39 is 6.03 Å². The highest BCUT2D eigenvalue weighted by atomic mass is 19.1. The topological polar surface area (TPSA) is 88.0 Å². The first-order valence-electron chi connectivity index (χ1n) is 8.71. The van der Waals surface area contributed by atoms with Gasteiger partial charge < -0.3 is 16.0 Å². The molecule has 144 valence electrons. The van der Waals surface area contributed by atoms with Gasteiger partial charge in [-0.3, -0.25) is 9.48 Å². The maximum atomic E-state index is 12.8. The Balaban J connectivity index is 1.38. The van der Waals surface area contributed by atoms with Crippen LogP contribution in [0.4, 0.5) is 14.9 Å². The second-order valence-electron chi connectivity index (χ2n) is 6.11. The summed E-state index contributed by atoms with van der Waals surface area (Å²) in [4.78, 5) is 23.7. The van der Waals surface area contributed by atoms with Crippen LogP contribution in [0.3, 0.4) is 0 Å². The Morgan fingerprint density at radius 1 is 0.964 bits per heavy atom. The van der Waals surface area contributed by atoms with Gasteiger partial charge in [0, 0.05) is 24.6 Å². The van der Waals surface area contributed by atoms with E-state index in [2.05, 4.69) is 21.0 Å². The van der Waals surface area contributed by atoms with Gasteiger partial charge in [0.1, 0.15) is 5.82 Å². The lowest BCUT2D eigenvalue weighted by molar-refractivity contribution is -0.115. The summed E-state index contributed by atoms with van der Waals surface area (Å²) in [6.45, 7) is 0.729. The Labute approximate surface area is 161 Å². The van der Waals surface area contributed by atoms with Crippen molar-refractivity contribution in [1.82, 2.24) is 20.4 Å². The monoisotopic (exact) mass is 381 g/mol. The molecule has 0 atom stereocenters. The first-order valence-corrected chi connectivity index (χ1v) is 8.71. The molecule has 0 aliphatic rings. The molecule has 0 fully saturated rings. The third kappa shape index (κ3) is 5.94. The van der Waals surface area contributed by atoms with Gasteiger partial charge in [-0.1, -0.05) is 24.3 Å². The molecule has 0 saturated carbocycles. The van der Waals surface area contributed by atoms with Crippen molar-refractivity contribution in [3.63, 3.8) is 0 Å². The highest BCUT2D eigenvalue weighted by Gasteiger charge is 2.06. The number of carbonyl (C=O) groups excluding carboxylic acids is 2. The molecule has 3 rings (SSSR count). The average molecular weight is 381 g/mol. The Morgan fingerprint density at radius 2 is 1.68 bits per heavy atom. The Bertz CT molecular complexity index is 909. The normalized spacial score (nSPS) is 10.3. The molecular weight excluding hydrogens is 361 g/mol. The van der Waals surface area contributed by atoms with Crippen LogP contribution in [0, 0.1) is 5.82 Å². The molecule has 1 heterocycles. The quantitative estimate of drug-likeness (QED) is 0.588. The second-order valence-corrected chi connectivity index (χ2v) is 6.11. The molecule has 3 N–H and O–H groups in total. The Kier molecular flexibility index (Phi) is 6.35. The number of urea groups is 1. The van der Waals surface area contributed by atoms with E-state index in [1.165, 1.54) is 12.1 Å². The van der Waals surface area contributed by atoms with Crippen molar-refractivity contribution in [3.8, 4) is 0 Å². The Hall–Kier alpha value is -3.68. The number of benzene rings is 2. The lowest BCUT2D eigenvalue weighted by Gasteiger charge is -2.09. The van der Waals surface area contributed by atoms with Crippen LogP contribution < -0.4 is 16.0 Å². The molecule has 1 aromatic heterocycles. The summed E-state index contributed by atoms with van der Waals surface area (Å²) < 4.78 is 14.6. The summed E-state index contributed by atoms with van der Waals surface area (Å²) >= 11 is 0. The zero-order valence-corrected chi connectivity index (χ0v) is 15.1. The van der Waals surface area contributed by atoms with Crippen LogP contribution in [0.5, 0.6) is 0 Å². The van der Waals surface area contributed by atoms with Gasteiger partial charge in [0.2, 0.25) is 5.91 Å². The maximum Gasteiger partial charge on any atom is 0.315 e. The lowest BCUT2D eigenvalue weighted by atomic mass is 10.2. The van der Waals surface area contributed by atoms with Crippen LogP contribution in [-0.2, 0) is 17.9 Å². The number of nitrogens with one attached hydrogen (secondary N) is 3. The number of hydrogen-bond donors (Lipinski definition) is 3. The molecule has 7 nitrogen and oxygen atoms in total. The van der Waals surface area contributed by atoms with Crippen molar-refractivity contribution in [2.24, 2.45) is 0 Å². The van der Waals surface area contributed by atoms with Crippen molar-refractivity contribution in [2.75, 3.05) is 11.9 Å². The smallest absolute Gasteiger partial charge is 0.315 e. The molecule has 8 heteroatoms.